The number of ether oxygens (including phenoxy) is 5. The highest BCUT2D eigenvalue weighted by atomic mass is 33.1. The molecule has 4 unspecified atom stereocenters. The zero-order valence-electron chi connectivity index (χ0n) is 50.5. The largest absolute Gasteiger partial charge is 0.466 e. The van der Waals surface area contributed by atoms with Crippen molar-refractivity contribution < 1.29 is 68.1 Å². The van der Waals surface area contributed by atoms with Crippen LogP contribution in [-0.2, 0) is 47.7 Å². The molecule has 1 saturated heterocycles. The van der Waals surface area contributed by atoms with Crippen LogP contribution in [0.3, 0.4) is 0 Å². The van der Waals surface area contributed by atoms with Crippen LogP contribution in [-0.4, -0.2) is 216 Å². The Labute approximate surface area is 485 Å². The van der Waals surface area contributed by atoms with E-state index < -0.39 is 24.4 Å². The summed E-state index contributed by atoms with van der Waals surface area (Å²) in [4.78, 5) is 69.8. The molecular weight excluding hydrogens is 1050 g/mol. The van der Waals surface area contributed by atoms with Crippen LogP contribution in [0.4, 0.5) is 0 Å². The average Bonchev–Trinajstić information content (AvgIpc) is 3.36. The van der Waals surface area contributed by atoms with Crippen molar-refractivity contribution in [3.05, 3.63) is 0 Å². The van der Waals surface area contributed by atoms with Gasteiger partial charge in [-0.25, -0.2) is 0 Å². The van der Waals surface area contributed by atoms with Crippen molar-refractivity contribution >= 4 is 51.4 Å². The fraction of sp³-hybridized carbons (Fsp3) is 0.915. The Hall–Kier alpha value is -2.27. The third kappa shape index (κ3) is 46.9. The van der Waals surface area contributed by atoms with Crippen LogP contribution in [0.15, 0.2) is 0 Å². The molecule has 4 atom stereocenters. The molecule has 464 valence electrons. The van der Waals surface area contributed by atoms with Gasteiger partial charge in [-0.3, -0.25) is 43.6 Å². The molecule has 1 aliphatic rings. The number of aliphatic hydroxyl groups excluding tert-OH is 4. The molecule has 4 N–H and O–H groups in total. The first kappa shape index (κ1) is 74.7. The van der Waals surface area contributed by atoms with E-state index in [1.807, 2.05) is 54.2 Å². The topological polar surface area (TPSA) is 225 Å². The molecular formula is C59H112N4O14S2. The zero-order chi connectivity index (χ0) is 58.6. The molecule has 79 heavy (non-hydrogen) atoms. The number of nitrogens with zero attached hydrogens (tertiary/aromatic N) is 4. The molecule has 0 radical (unpaired) electrons. The number of hydrogen-bond acceptors (Lipinski definition) is 20. The lowest BCUT2D eigenvalue weighted by Gasteiger charge is -2.34. The van der Waals surface area contributed by atoms with Crippen LogP contribution in [0, 0.1) is 11.8 Å². The molecule has 0 aromatic heterocycles. The number of esters is 5. The second kappa shape index (κ2) is 48.1. The van der Waals surface area contributed by atoms with Crippen molar-refractivity contribution in [1.82, 2.24) is 19.6 Å². The Morgan fingerprint density at radius 2 is 0.734 bits per heavy atom. The number of unbranched alkanes of at least 4 members (excludes halogenated alkanes) is 4. The van der Waals surface area contributed by atoms with E-state index in [0.29, 0.717) is 167 Å². The van der Waals surface area contributed by atoms with E-state index in [4.69, 9.17) is 23.7 Å². The van der Waals surface area contributed by atoms with Crippen molar-refractivity contribution in [1.29, 1.82) is 0 Å². The van der Waals surface area contributed by atoms with Crippen LogP contribution in [0.2, 0.25) is 0 Å². The molecule has 0 aromatic rings. The maximum atomic E-state index is 12.8. The summed E-state index contributed by atoms with van der Waals surface area (Å²) in [5.41, 5.74) is 0. The first-order valence-electron chi connectivity index (χ1n) is 30.4. The summed E-state index contributed by atoms with van der Waals surface area (Å²) >= 11 is 0. The summed E-state index contributed by atoms with van der Waals surface area (Å²) in [6.45, 7) is 25.1. The van der Waals surface area contributed by atoms with Crippen LogP contribution < -0.4 is 0 Å². The second-order valence-corrected chi connectivity index (χ2v) is 25.7. The minimum absolute atomic E-state index is 0.160. The van der Waals surface area contributed by atoms with Crippen molar-refractivity contribution in [2.45, 2.75) is 227 Å². The molecule has 1 heterocycles. The summed E-state index contributed by atoms with van der Waals surface area (Å²) in [5, 5.41) is 43.7. The van der Waals surface area contributed by atoms with E-state index in [0.717, 1.165) is 82.9 Å². The molecule has 0 amide bonds. The Kier molecular flexibility index (Phi) is 45.5. The number of carbonyl (C=O) groups is 5. The van der Waals surface area contributed by atoms with E-state index in [1.165, 1.54) is 0 Å². The van der Waals surface area contributed by atoms with E-state index >= 15 is 0 Å². The predicted octanol–water partition coefficient (Wildman–Crippen LogP) is 8.07. The van der Waals surface area contributed by atoms with Gasteiger partial charge in [0.25, 0.3) is 0 Å². The zero-order valence-corrected chi connectivity index (χ0v) is 52.1. The van der Waals surface area contributed by atoms with E-state index in [2.05, 4.69) is 42.4 Å². The number of carbonyl (C=O) groups excluding carboxylic acids is 5. The molecule has 0 spiro atoms. The van der Waals surface area contributed by atoms with Gasteiger partial charge in [-0.2, -0.15) is 0 Å². The SMILES string of the molecule is CC(C)CCOC(=O)CCCCC(O)CN(CCCSSCCN1CCN(CCOC(=O)CCCN(CC(O)CCCCC(=O)OC(C)C)CC(O)CCCCC(=O)OC(C)C)CC1)CC(O)CCCCC(=O)OCCC(C)C. The summed E-state index contributed by atoms with van der Waals surface area (Å²) in [5.74, 6) is 1.79. The number of rotatable bonds is 51. The summed E-state index contributed by atoms with van der Waals surface area (Å²) in [6.07, 6.45) is 9.42. The van der Waals surface area contributed by atoms with Gasteiger partial charge < -0.3 is 44.1 Å². The number of aliphatic hydroxyl groups is 4. The summed E-state index contributed by atoms with van der Waals surface area (Å²) < 4.78 is 26.7. The monoisotopic (exact) mass is 1160 g/mol. The Morgan fingerprint density at radius 1 is 0.405 bits per heavy atom. The number of piperazine rings is 1. The predicted molar refractivity (Wildman–Crippen MR) is 317 cm³/mol. The van der Waals surface area contributed by atoms with E-state index in [1.54, 1.807) is 0 Å². The molecule has 0 aromatic carbocycles. The van der Waals surface area contributed by atoms with Crippen molar-refractivity contribution in [2.24, 2.45) is 11.8 Å². The molecule has 1 rings (SSSR count). The van der Waals surface area contributed by atoms with E-state index in [9.17, 15) is 44.4 Å². The fourth-order valence-electron chi connectivity index (χ4n) is 8.95. The van der Waals surface area contributed by atoms with Gasteiger partial charge in [0.15, 0.2) is 0 Å². The van der Waals surface area contributed by atoms with Gasteiger partial charge in [0.2, 0.25) is 0 Å². The fourth-order valence-corrected chi connectivity index (χ4v) is 11.0. The second-order valence-electron chi connectivity index (χ2n) is 23.0. The first-order valence-corrected chi connectivity index (χ1v) is 32.9. The van der Waals surface area contributed by atoms with Gasteiger partial charge >= 0.3 is 29.8 Å². The maximum absolute atomic E-state index is 12.8. The third-order valence-corrected chi connectivity index (χ3v) is 15.9. The Bertz CT molecular complexity index is 1480. The number of hydrogen-bond donors (Lipinski definition) is 4. The van der Waals surface area contributed by atoms with Gasteiger partial charge in [0.05, 0.1) is 49.8 Å². The molecule has 1 aliphatic heterocycles. The van der Waals surface area contributed by atoms with Gasteiger partial charge in [-0.05, 0) is 130 Å². The lowest BCUT2D eigenvalue weighted by Crippen LogP contribution is -2.47. The van der Waals surface area contributed by atoms with Crippen molar-refractivity contribution in [2.75, 3.05) is 110 Å². The highest BCUT2D eigenvalue weighted by Gasteiger charge is 2.21. The summed E-state index contributed by atoms with van der Waals surface area (Å²) in [6, 6.07) is 0. The highest BCUT2D eigenvalue weighted by molar-refractivity contribution is 8.76. The molecule has 0 aliphatic carbocycles. The lowest BCUT2D eigenvalue weighted by molar-refractivity contribution is -0.148. The minimum Gasteiger partial charge on any atom is -0.466 e. The smallest absolute Gasteiger partial charge is 0.306 e. The molecule has 0 saturated carbocycles. The molecule has 18 nitrogen and oxygen atoms in total. The maximum Gasteiger partial charge on any atom is 0.306 e. The highest BCUT2D eigenvalue weighted by Crippen LogP contribution is 2.23. The van der Waals surface area contributed by atoms with Crippen molar-refractivity contribution in [3.8, 4) is 0 Å². The summed E-state index contributed by atoms with van der Waals surface area (Å²) in [7, 11) is 3.72. The quantitative estimate of drug-likeness (QED) is 0.0195. The van der Waals surface area contributed by atoms with Crippen molar-refractivity contribution in [3.63, 3.8) is 0 Å². The standard InChI is InChI=1S/C59H112N4O14S2/c1-47(2)28-38-73-55(68)23-13-9-19-53(66)45-63(46-54(67)20-10-14-24-56(69)74-39-29-48(3)4)31-18-41-78-79-42-37-61-34-32-60(33-35-61)36-40-75-57(70)27-17-30-62(43-51(64)21-11-15-25-58(71)76-49(5)6)44-52(65)22-12-16-26-59(72)77-50(7)8/h47-54,64-67H,9-46H2,1-8H3. The van der Waals surface area contributed by atoms with Gasteiger partial charge in [-0.1, -0.05) is 75.0 Å². The van der Waals surface area contributed by atoms with E-state index in [-0.39, 0.29) is 48.5 Å². The van der Waals surface area contributed by atoms with Gasteiger partial charge in [0.1, 0.15) is 6.61 Å². The molecule has 20 heteroatoms. The molecule has 1 fully saturated rings. The van der Waals surface area contributed by atoms with Crippen LogP contribution in [0.5, 0.6) is 0 Å². The normalized spacial score (nSPS) is 15.1. The van der Waals surface area contributed by atoms with Crippen LogP contribution >= 0.6 is 21.6 Å². The minimum atomic E-state index is -0.654. The van der Waals surface area contributed by atoms with Gasteiger partial charge in [-0.15, -0.1) is 0 Å². The Morgan fingerprint density at radius 3 is 1.11 bits per heavy atom. The molecule has 0 bridgehead atoms. The van der Waals surface area contributed by atoms with Gasteiger partial charge in [0, 0.05) is 109 Å². The third-order valence-electron chi connectivity index (χ3n) is 13.5. The average molecular weight is 1170 g/mol. The lowest BCUT2D eigenvalue weighted by atomic mass is 10.1. The van der Waals surface area contributed by atoms with Crippen LogP contribution in [0.25, 0.3) is 0 Å². The van der Waals surface area contributed by atoms with Crippen LogP contribution in [0.1, 0.15) is 190 Å². The first-order chi connectivity index (χ1) is 37.7. The Balaban J connectivity index is 2.45.